The van der Waals surface area contributed by atoms with Gasteiger partial charge in [0.2, 0.25) is 0 Å². The highest BCUT2D eigenvalue weighted by Gasteiger charge is 2.14. The van der Waals surface area contributed by atoms with Crippen LogP contribution in [0.15, 0.2) is 91.3 Å². The molecule has 0 saturated carbocycles. The number of hydrogen-bond donors (Lipinski definition) is 3. The van der Waals surface area contributed by atoms with E-state index in [9.17, 15) is 4.79 Å². The topological polar surface area (TPSA) is 82.7 Å². The minimum atomic E-state index is -0.395. The van der Waals surface area contributed by atoms with Crippen molar-refractivity contribution in [1.29, 1.82) is 0 Å². The Labute approximate surface area is 209 Å². The molecule has 3 N–H and O–H groups in total. The van der Waals surface area contributed by atoms with E-state index in [0.29, 0.717) is 11.4 Å². The van der Waals surface area contributed by atoms with Gasteiger partial charge < -0.3 is 10.6 Å². The summed E-state index contributed by atoms with van der Waals surface area (Å²) in [4.78, 5) is 18.0. The van der Waals surface area contributed by atoms with Gasteiger partial charge >= 0.3 is 6.03 Å². The number of rotatable bonds is 4. The van der Waals surface area contributed by atoms with E-state index in [-0.39, 0.29) is 5.15 Å². The zero-order valence-electron chi connectivity index (χ0n) is 18.2. The number of amides is 2. The Balaban J connectivity index is 1.38. The highest BCUT2D eigenvalue weighted by Crippen LogP contribution is 2.39. The number of H-pyrrole nitrogens is 1. The predicted molar refractivity (Wildman–Crippen MR) is 144 cm³/mol. The minimum Gasteiger partial charge on any atom is -0.308 e. The molecule has 170 valence electrons. The molecule has 0 unspecified atom stereocenters. The number of nitrogens with one attached hydrogen (secondary N) is 3. The Kier molecular flexibility index (Phi) is 5.41. The van der Waals surface area contributed by atoms with E-state index in [2.05, 4.69) is 50.1 Å². The first-order chi connectivity index (χ1) is 17.1. The monoisotopic (exact) mass is 495 g/mol. The highest BCUT2D eigenvalue weighted by atomic mass is 35.5. The molecule has 3 aromatic carbocycles. The molecule has 3 heterocycles. The van der Waals surface area contributed by atoms with Crippen LogP contribution in [0.25, 0.3) is 42.6 Å². The average Bonchev–Trinajstić information content (AvgIpc) is 3.52. The van der Waals surface area contributed by atoms with E-state index < -0.39 is 6.03 Å². The molecule has 6 rings (SSSR count). The predicted octanol–water partition coefficient (Wildman–Crippen LogP) is 7.80. The lowest BCUT2D eigenvalue weighted by Gasteiger charge is -2.11. The van der Waals surface area contributed by atoms with Gasteiger partial charge in [0.15, 0.2) is 5.15 Å². The van der Waals surface area contributed by atoms with E-state index in [1.807, 2.05) is 60.8 Å². The molecule has 2 amide bonds. The Morgan fingerprint density at radius 3 is 2.54 bits per heavy atom. The average molecular weight is 496 g/mol. The van der Waals surface area contributed by atoms with Crippen LogP contribution < -0.4 is 10.6 Å². The number of aromatic amines is 1. The van der Waals surface area contributed by atoms with Crippen molar-refractivity contribution in [3.63, 3.8) is 0 Å². The molecule has 0 fully saturated rings. The van der Waals surface area contributed by atoms with Crippen LogP contribution in [0.3, 0.4) is 0 Å². The van der Waals surface area contributed by atoms with Crippen molar-refractivity contribution in [2.75, 3.05) is 10.6 Å². The summed E-state index contributed by atoms with van der Waals surface area (Å²) in [5.41, 5.74) is 4.92. The number of para-hydroxylation sites is 1. The Hall–Kier alpha value is -4.20. The molecule has 6 aromatic rings. The number of aromatic nitrogens is 3. The second-order valence-electron chi connectivity index (χ2n) is 8.01. The summed E-state index contributed by atoms with van der Waals surface area (Å²) in [7, 11) is 0. The molecule has 8 heteroatoms. The standard InChI is InChI=1S/C27H18ClN5OS/c28-26-22(32-27(34)31-20-7-2-1-3-8-20)12-18(14-29-26)17-10-19-15-30-33-25(19)21(11-17)24-13-16-6-4-5-9-23(16)35-24/h1-15H,(H,30,33)(H2,31,32,34). The van der Waals surface area contributed by atoms with Gasteiger partial charge in [-0.2, -0.15) is 5.10 Å². The van der Waals surface area contributed by atoms with Crippen molar-refractivity contribution in [2.24, 2.45) is 0 Å². The zero-order chi connectivity index (χ0) is 23.8. The fourth-order valence-electron chi connectivity index (χ4n) is 4.03. The molecule has 0 spiro atoms. The molecule has 3 aromatic heterocycles. The van der Waals surface area contributed by atoms with Gasteiger partial charge in [-0.15, -0.1) is 11.3 Å². The van der Waals surface area contributed by atoms with Gasteiger partial charge in [-0.05, 0) is 53.4 Å². The molecule has 35 heavy (non-hydrogen) atoms. The Morgan fingerprint density at radius 1 is 0.857 bits per heavy atom. The van der Waals surface area contributed by atoms with Gasteiger partial charge in [0.05, 0.1) is 17.4 Å². The lowest BCUT2D eigenvalue weighted by Crippen LogP contribution is -2.19. The summed E-state index contributed by atoms with van der Waals surface area (Å²) >= 11 is 8.05. The number of fused-ring (bicyclic) bond motifs is 2. The van der Waals surface area contributed by atoms with Crippen LogP contribution in [0, 0.1) is 0 Å². The number of nitrogens with zero attached hydrogens (tertiary/aromatic N) is 2. The summed E-state index contributed by atoms with van der Waals surface area (Å²) in [5, 5.41) is 15.4. The maximum absolute atomic E-state index is 12.5. The first kappa shape index (κ1) is 21.3. The molecular formula is C27H18ClN5OS. The van der Waals surface area contributed by atoms with Crippen LogP contribution in [0.5, 0.6) is 0 Å². The smallest absolute Gasteiger partial charge is 0.308 e. The summed E-state index contributed by atoms with van der Waals surface area (Å²) in [6.45, 7) is 0. The number of thiophene rings is 1. The number of benzene rings is 3. The quantitative estimate of drug-likeness (QED) is 0.218. The maximum atomic E-state index is 12.5. The van der Waals surface area contributed by atoms with E-state index in [1.165, 1.54) is 10.1 Å². The first-order valence-corrected chi connectivity index (χ1v) is 12.1. The molecule has 0 bridgehead atoms. The number of anilines is 2. The van der Waals surface area contributed by atoms with Crippen molar-refractivity contribution in [3.05, 3.63) is 96.4 Å². The maximum Gasteiger partial charge on any atom is 0.323 e. The summed E-state index contributed by atoms with van der Waals surface area (Å²) in [5.74, 6) is 0. The summed E-state index contributed by atoms with van der Waals surface area (Å²) < 4.78 is 1.23. The van der Waals surface area contributed by atoms with Crippen LogP contribution in [0.2, 0.25) is 5.15 Å². The Morgan fingerprint density at radius 2 is 1.69 bits per heavy atom. The van der Waals surface area contributed by atoms with Gasteiger partial charge in [-0.3, -0.25) is 5.10 Å². The molecule has 0 radical (unpaired) electrons. The van der Waals surface area contributed by atoms with Gasteiger partial charge in [0, 0.05) is 38.0 Å². The van der Waals surface area contributed by atoms with Crippen molar-refractivity contribution in [1.82, 2.24) is 15.2 Å². The molecule has 0 aliphatic rings. The number of carbonyl (C=O) groups is 1. The molecule has 6 nitrogen and oxygen atoms in total. The number of urea groups is 1. The normalized spacial score (nSPS) is 11.1. The third-order valence-corrected chi connectivity index (χ3v) is 7.14. The largest absolute Gasteiger partial charge is 0.323 e. The number of pyridine rings is 1. The van der Waals surface area contributed by atoms with Crippen LogP contribution >= 0.6 is 22.9 Å². The second kappa shape index (κ2) is 8.87. The van der Waals surface area contributed by atoms with Crippen LogP contribution in [-0.4, -0.2) is 21.2 Å². The third kappa shape index (κ3) is 4.23. The van der Waals surface area contributed by atoms with Gasteiger partial charge in [0.1, 0.15) is 0 Å². The van der Waals surface area contributed by atoms with Gasteiger partial charge in [0.25, 0.3) is 0 Å². The molecule has 0 aliphatic carbocycles. The number of hydrogen-bond acceptors (Lipinski definition) is 4. The summed E-state index contributed by atoms with van der Waals surface area (Å²) in [6, 6.07) is 25.3. The minimum absolute atomic E-state index is 0.214. The zero-order valence-corrected chi connectivity index (χ0v) is 19.8. The lowest BCUT2D eigenvalue weighted by molar-refractivity contribution is 0.262. The van der Waals surface area contributed by atoms with Crippen LogP contribution in [-0.2, 0) is 0 Å². The fraction of sp³-hybridized carbons (Fsp3) is 0. The molecule has 0 saturated heterocycles. The molecular weight excluding hydrogens is 478 g/mol. The number of carbonyl (C=O) groups excluding carboxylic acids is 1. The molecule has 0 atom stereocenters. The highest BCUT2D eigenvalue weighted by molar-refractivity contribution is 7.22. The van der Waals surface area contributed by atoms with Crippen molar-refractivity contribution < 1.29 is 4.79 Å². The SMILES string of the molecule is O=C(Nc1ccccc1)Nc1cc(-c2cc(-c3cc4ccccc4s3)c3[nH]ncc3c2)cnc1Cl. The van der Waals surface area contributed by atoms with E-state index in [1.54, 1.807) is 17.5 Å². The van der Waals surface area contributed by atoms with Crippen molar-refractivity contribution >= 4 is 61.3 Å². The third-order valence-electron chi connectivity index (χ3n) is 5.69. The first-order valence-electron chi connectivity index (χ1n) is 10.9. The van der Waals surface area contributed by atoms with Crippen LogP contribution in [0.4, 0.5) is 16.2 Å². The number of halogens is 1. The van der Waals surface area contributed by atoms with E-state index >= 15 is 0 Å². The lowest BCUT2D eigenvalue weighted by atomic mass is 10.0. The van der Waals surface area contributed by atoms with E-state index in [0.717, 1.165) is 32.5 Å². The van der Waals surface area contributed by atoms with Gasteiger partial charge in [-0.25, -0.2) is 9.78 Å². The van der Waals surface area contributed by atoms with Gasteiger partial charge in [-0.1, -0.05) is 48.0 Å². The second-order valence-corrected chi connectivity index (χ2v) is 9.46. The van der Waals surface area contributed by atoms with Crippen molar-refractivity contribution in [3.8, 4) is 21.6 Å². The van der Waals surface area contributed by atoms with Crippen LogP contribution in [0.1, 0.15) is 0 Å². The summed E-state index contributed by atoms with van der Waals surface area (Å²) in [6.07, 6.45) is 3.52. The Bertz CT molecular complexity index is 1660. The van der Waals surface area contributed by atoms with E-state index in [4.69, 9.17) is 11.6 Å². The fourth-order valence-corrected chi connectivity index (χ4v) is 5.27. The molecule has 0 aliphatic heterocycles. The van der Waals surface area contributed by atoms with Crippen molar-refractivity contribution in [2.45, 2.75) is 0 Å².